The second-order valence-electron chi connectivity index (χ2n) is 6.98. The van der Waals surface area contributed by atoms with E-state index >= 15 is 0 Å². The van der Waals surface area contributed by atoms with Crippen LogP contribution in [0.4, 0.5) is 0 Å². The van der Waals surface area contributed by atoms with Gasteiger partial charge in [-0.2, -0.15) is 5.10 Å². The van der Waals surface area contributed by atoms with E-state index in [1.165, 1.54) is 0 Å². The molecule has 0 atom stereocenters. The number of rotatable bonds is 8. The smallest absolute Gasteiger partial charge is 0.252 e. The SMILES string of the molecule is CCN(CC)CCCNC(=O)c1cc(C)nc2c1c(C)nn2-c1ccccc1. The van der Waals surface area contributed by atoms with Crippen molar-refractivity contribution in [3.63, 3.8) is 0 Å². The molecule has 0 saturated heterocycles. The fourth-order valence-electron chi connectivity index (χ4n) is 3.48. The number of aryl methyl sites for hydroxylation is 2. The van der Waals surface area contributed by atoms with Crippen molar-refractivity contribution in [1.29, 1.82) is 0 Å². The number of carbonyl (C=O) groups excluding carboxylic acids is 1. The Bertz CT molecular complexity index is 944. The van der Waals surface area contributed by atoms with Gasteiger partial charge in [0.1, 0.15) is 0 Å². The molecule has 28 heavy (non-hydrogen) atoms. The van der Waals surface area contributed by atoms with Crippen molar-refractivity contribution in [1.82, 2.24) is 25.0 Å². The summed E-state index contributed by atoms with van der Waals surface area (Å²) in [7, 11) is 0. The van der Waals surface area contributed by atoms with Gasteiger partial charge < -0.3 is 10.2 Å². The Morgan fingerprint density at radius 2 is 1.86 bits per heavy atom. The van der Waals surface area contributed by atoms with Crippen molar-refractivity contribution in [2.45, 2.75) is 34.1 Å². The average Bonchev–Trinajstić information content (AvgIpc) is 3.04. The lowest BCUT2D eigenvalue weighted by atomic mass is 10.1. The Kier molecular flexibility index (Phi) is 6.41. The van der Waals surface area contributed by atoms with Crippen LogP contribution in [0, 0.1) is 13.8 Å². The molecule has 1 aromatic carbocycles. The Labute approximate surface area is 166 Å². The Morgan fingerprint density at radius 3 is 2.54 bits per heavy atom. The summed E-state index contributed by atoms with van der Waals surface area (Å²) in [5.41, 5.74) is 3.91. The molecule has 0 aliphatic heterocycles. The van der Waals surface area contributed by atoms with Gasteiger partial charge in [0, 0.05) is 12.2 Å². The first-order chi connectivity index (χ1) is 13.5. The molecule has 1 amide bonds. The lowest BCUT2D eigenvalue weighted by Crippen LogP contribution is -2.30. The number of aromatic nitrogens is 3. The minimum Gasteiger partial charge on any atom is -0.352 e. The van der Waals surface area contributed by atoms with E-state index in [1.807, 2.05) is 54.9 Å². The lowest BCUT2D eigenvalue weighted by Gasteiger charge is -2.17. The number of hydrogen-bond donors (Lipinski definition) is 1. The van der Waals surface area contributed by atoms with Gasteiger partial charge in [-0.15, -0.1) is 0 Å². The number of benzene rings is 1. The zero-order chi connectivity index (χ0) is 20.1. The summed E-state index contributed by atoms with van der Waals surface area (Å²) in [6, 6.07) is 11.7. The molecular weight excluding hydrogens is 350 g/mol. The van der Waals surface area contributed by atoms with Crippen LogP contribution in [0.2, 0.25) is 0 Å². The highest BCUT2D eigenvalue weighted by Crippen LogP contribution is 2.24. The number of hydrogen-bond acceptors (Lipinski definition) is 4. The van der Waals surface area contributed by atoms with Crippen LogP contribution in [0.5, 0.6) is 0 Å². The van der Waals surface area contributed by atoms with Gasteiger partial charge in [0.05, 0.1) is 22.3 Å². The molecule has 6 heteroatoms. The van der Waals surface area contributed by atoms with Crippen molar-refractivity contribution in [3.05, 3.63) is 53.3 Å². The quantitative estimate of drug-likeness (QED) is 0.609. The molecule has 0 spiro atoms. The van der Waals surface area contributed by atoms with E-state index in [0.717, 1.165) is 54.2 Å². The molecule has 0 fully saturated rings. The van der Waals surface area contributed by atoms with Crippen LogP contribution < -0.4 is 5.32 Å². The fourth-order valence-corrected chi connectivity index (χ4v) is 3.48. The fraction of sp³-hybridized carbons (Fsp3) is 0.409. The third kappa shape index (κ3) is 4.22. The summed E-state index contributed by atoms with van der Waals surface area (Å²) in [6.45, 7) is 11.9. The maximum atomic E-state index is 12.9. The van der Waals surface area contributed by atoms with Gasteiger partial charge in [-0.05, 0) is 58.1 Å². The van der Waals surface area contributed by atoms with E-state index in [0.29, 0.717) is 12.1 Å². The van der Waals surface area contributed by atoms with Crippen LogP contribution in [0.15, 0.2) is 36.4 Å². The molecule has 0 saturated carbocycles. The molecule has 0 aliphatic rings. The first kappa shape index (κ1) is 20.0. The van der Waals surface area contributed by atoms with Gasteiger partial charge in [0.25, 0.3) is 5.91 Å². The third-order valence-corrected chi connectivity index (χ3v) is 5.02. The van der Waals surface area contributed by atoms with Crippen molar-refractivity contribution in [2.75, 3.05) is 26.2 Å². The normalized spacial score (nSPS) is 11.3. The van der Waals surface area contributed by atoms with Crippen LogP contribution >= 0.6 is 0 Å². The molecule has 1 N–H and O–H groups in total. The van der Waals surface area contributed by atoms with E-state index in [1.54, 1.807) is 0 Å². The molecule has 0 radical (unpaired) electrons. The zero-order valence-electron chi connectivity index (χ0n) is 17.2. The number of amides is 1. The second-order valence-corrected chi connectivity index (χ2v) is 6.98. The van der Waals surface area contributed by atoms with Gasteiger partial charge in [-0.1, -0.05) is 32.0 Å². The number of pyridine rings is 1. The second kappa shape index (κ2) is 8.97. The van der Waals surface area contributed by atoms with E-state index in [2.05, 4.69) is 34.1 Å². The highest BCUT2D eigenvalue weighted by molar-refractivity contribution is 6.06. The minimum absolute atomic E-state index is 0.0641. The van der Waals surface area contributed by atoms with Crippen LogP contribution in [0.25, 0.3) is 16.7 Å². The average molecular weight is 380 g/mol. The highest BCUT2D eigenvalue weighted by Gasteiger charge is 2.19. The van der Waals surface area contributed by atoms with E-state index in [9.17, 15) is 4.79 Å². The van der Waals surface area contributed by atoms with E-state index < -0.39 is 0 Å². The van der Waals surface area contributed by atoms with Crippen LogP contribution in [0.3, 0.4) is 0 Å². The molecule has 3 aromatic rings. The van der Waals surface area contributed by atoms with Gasteiger partial charge in [0.15, 0.2) is 5.65 Å². The third-order valence-electron chi connectivity index (χ3n) is 5.02. The topological polar surface area (TPSA) is 63.1 Å². The van der Waals surface area contributed by atoms with E-state index in [4.69, 9.17) is 0 Å². The molecule has 2 heterocycles. The van der Waals surface area contributed by atoms with Crippen LogP contribution in [-0.2, 0) is 0 Å². The van der Waals surface area contributed by atoms with Gasteiger partial charge in [-0.25, -0.2) is 9.67 Å². The summed E-state index contributed by atoms with van der Waals surface area (Å²) >= 11 is 0. The summed E-state index contributed by atoms with van der Waals surface area (Å²) in [5.74, 6) is -0.0641. The maximum Gasteiger partial charge on any atom is 0.252 e. The first-order valence-electron chi connectivity index (χ1n) is 9.98. The zero-order valence-corrected chi connectivity index (χ0v) is 17.2. The van der Waals surface area contributed by atoms with Crippen molar-refractivity contribution >= 4 is 16.9 Å². The molecule has 0 aliphatic carbocycles. The van der Waals surface area contributed by atoms with Crippen LogP contribution in [0.1, 0.15) is 42.0 Å². The highest BCUT2D eigenvalue weighted by atomic mass is 16.1. The largest absolute Gasteiger partial charge is 0.352 e. The number of fused-ring (bicyclic) bond motifs is 1. The summed E-state index contributed by atoms with van der Waals surface area (Å²) < 4.78 is 1.81. The molecule has 0 unspecified atom stereocenters. The Morgan fingerprint density at radius 1 is 1.14 bits per heavy atom. The lowest BCUT2D eigenvalue weighted by molar-refractivity contribution is 0.0953. The number of nitrogens with one attached hydrogen (secondary N) is 1. The van der Waals surface area contributed by atoms with Crippen LogP contribution in [-0.4, -0.2) is 51.8 Å². The molecule has 3 rings (SSSR count). The Balaban J connectivity index is 1.85. The number of carbonyl (C=O) groups is 1. The van der Waals surface area contributed by atoms with Gasteiger partial charge in [-0.3, -0.25) is 4.79 Å². The number of para-hydroxylation sites is 1. The van der Waals surface area contributed by atoms with Crippen molar-refractivity contribution < 1.29 is 4.79 Å². The number of nitrogens with zero attached hydrogens (tertiary/aromatic N) is 4. The summed E-state index contributed by atoms with van der Waals surface area (Å²) in [6.07, 6.45) is 0.933. The molecule has 0 bridgehead atoms. The Hall–Kier alpha value is -2.73. The standard InChI is InChI=1S/C22H29N5O/c1-5-26(6-2)14-10-13-23-22(28)19-15-16(3)24-21-20(19)17(4)25-27(21)18-11-8-7-9-12-18/h7-9,11-12,15H,5-6,10,13-14H2,1-4H3,(H,23,28). The van der Waals surface area contributed by atoms with Gasteiger partial charge in [0.2, 0.25) is 0 Å². The monoisotopic (exact) mass is 379 g/mol. The van der Waals surface area contributed by atoms with Crippen molar-refractivity contribution in [2.24, 2.45) is 0 Å². The molecule has 2 aromatic heterocycles. The predicted molar refractivity (Wildman–Crippen MR) is 113 cm³/mol. The molecular formula is C22H29N5O. The van der Waals surface area contributed by atoms with E-state index in [-0.39, 0.29) is 5.91 Å². The maximum absolute atomic E-state index is 12.9. The van der Waals surface area contributed by atoms with Crippen molar-refractivity contribution in [3.8, 4) is 5.69 Å². The predicted octanol–water partition coefficient (Wildman–Crippen LogP) is 3.50. The summed E-state index contributed by atoms with van der Waals surface area (Å²) in [4.78, 5) is 19.9. The molecule has 148 valence electrons. The minimum atomic E-state index is -0.0641. The van der Waals surface area contributed by atoms with Gasteiger partial charge >= 0.3 is 0 Å². The molecule has 6 nitrogen and oxygen atoms in total. The first-order valence-corrected chi connectivity index (χ1v) is 9.98. The summed E-state index contributed by atoms with van der Waals surface area (Å²) in [5, 5.41) is 8.54.